The fraction of sp³-hybridized carbons (Fsp3) is 0.600. The number of anilines is 1. The van der Waals surface area contributed by atoms with Crippen LogP contribution in [0, 0.1) is 13.8 Å². The second kappa shape index (κ2) is 4.93. The first-order valence-corrected chi connectivity index (χ1v) is 5.14. The van der Waals surface area contributed by atoms with Gasteiger partial charge in [0.25, 0.3) is 0 Å². The van der Waals surface area contributed by atoms with Crippen LogP contribution in [0.3, 0.4) is 0 Å². The van der Waals surface area contributed by atoms with E-state index in [1.807, 2.05) is 20.8 Å². The van der Waals surface area contributed by atoms with Crippen molar-refractivity contribution < 1.29 is 4.79 Å². The Morgan fingerprint density at radius 3 is 2.73 bits per heavy atom. The topological polar surface area (TPSA) is 83.8 Å². The van der Waals surface area contributed by atoms with Crippen LogP contribution in [-0.2, 0) is 4.79 Å². The SMILES string of the molecule is CCC[C@@H](N)C(=O)Nc1c(C)n[nH]c1C. The third-order valence-corrected chi connectivity index (χ3v) is 2.31. The number of aromatic amines is 1. The van der Waals surface area contributed by atoms with Gasteiger partial charge in [0.15, 0.2) is 0 Å². The molecule has 1 aromatic heterocycles. The molecule has 4 N–H and O–H groups in total. The van der Waals surface area contributed by atoms with Gasteiger partial charge < -0.3 is 11.1 Å². The minimum absolute atomic E-state index is 0.149. The van der Waals surface area contributed by atoms with Crippen molar-refractivity contribution in [3.8, 4) is 0 Å². The van der Waals surface area contributed by atoms with Gasteiger partial charge in [-0.3, -0.25) is 9.89 Å². The zero-order chi connectivity index (χ0) is 11.4. The third kappa shape index (κ3) is 2.79. The van der Waals surface area contributed by atoms with Gasteiger partial charge in [0, 0.05) is 0 Å². The number of carbonyl (C=O) groups excluding carboxylic acids is 1. The lowest BCUT2D eigenvalue weighted by molar-refractivity contribution is -0.117. The number of hydrogen-bond acceptors (Lipinski definition) is 3. The summed E-state index contributed by atoms with van der Waals surface area (Å²) in [6, 6.07) is -0.441. The summed E-state index contributed by atoms with van der Waals surface area (Å²) in [6.45, 7) is 5.70. The van der Waals surface area contributed by atoms with Gasteiger partial charge in [0.05, 0.1) is 23.1 Å². The molecule has 0 unspecified atom stereocenters. The average molecular weight is 210 g/mol. The van der Waals surface area contributed by atoms with Gasteiger partial charge in [-0.1, -0.05) is 13.3 Å². The molecule has 5 heteroatoms. The van der Waals surface area contributed by atoms with Gasteiger partial charge in [-0.15, -0.1) is 0 Å². The maximum absolute atomic E-state index is 11.6. The minimum Gasteiger partial charge on any atom is -0.322 e. The van der Waals surface area contributed by atoms with Gasteiger partial charge >= 0.3 is 0 Å². The van der Waals surface area contributed by atoms with Crippen LogP contribution in [0.4, 0.5) is 5.69 Å². The molecule has 15 heavy (non-hydrogen) atoms. The Bertz CT molecular complexity index is 326. The molecule has 1 rings (SSSR count). The van der Waals surface area contributed by atoms with Gasteiger partial charge in [0.1, 0.15) is 0 Å². The molecule has 0 saturated carbocycles. The molecule has 0 saturated heterocycles. The number of hydrogen-bond donors (Lipinski definition) is 3. The summed E-state index contributed by atoms with van der Waals surface area (Å²) in [7, 11) is 0. The lowest BCUT2D eigenvalue weighted by atomic mass is 10.1. The van der Waals surface area contributed by atoms with Crippen LogP contribution in [0.15, 0.2) is 0 Å². The Balaban J connectivity index is 2.66. The highest BCUT2D eigenvalue weighted by atomic mass is 16.2. The van der Waals surface area contributed by atoms with Gasteiger partial charge in [-0.05, 0) is 20.3 Å². The lowest BCUT2D eigenvalue weighted by Crippen LogP contribution is -2.35. The Labute approximate surface area is 89.4 Å². The molecule has 1 aromatic rings. The highest BCUT2D eigenvalue weighted by Crippen LogP contribution is 2.16. The third-order valence-electron chi connectivity index (χ3n) is 2.31. The van der Waals surface area contributed by atoms with E-state index in [0.717, 1.165) is 23.5 Å². The molecular formula is C10H18N4O. The van der Waals surface area contributed by atoms with E-state index >= 15 is 0 Å². The number of aryl methyl sites for hydroxylation is 2. The van der Waals surface area contributed by atoms with E-state index < -0.39 is 6.04 Å². The molecule has 1 heterocycles. The zero-order valence-corrected chi connectivity index (χ0v) is 9.42. The predicted molar refractivity (Wildman–Crippen MR) is 59.6 cm³/mol. The van der Waals surface area contributed by atoms with Gasteiger partial charge in [-0.2, -0.15) is 5.10 Å². The Morgan fingerprint density at radius 2 is 2.27 bits per heavy atom. The smallest absolute Gasteiger partial charge is 0.241 e. The van der Waals surface area contributed by atoms with E-state index in [1.54, 1.807) is 0 Å². The van der Waals surface area contributed by atoms with E-state index in [-0.39, 0.29) is 5.91 Å². The van der Waals surface area contributed by atoms with Crippen molar-refractivity contribution in [1.82, 2.24) is 10.2 Å². The number of nitrogens with one attached hydrogen (secondary N) is 2. The van der Waals surface area contributed by atoms with E-state index in [0.29, 0.717) is 6.42 Å². The van der Waals surface area contributed by atoms with Crippen molar-refractivity contribution in [3.05, 3.63) is 11.4 Å². The maximum Gasteiger partial charge on any atom is 0.241 e. The molecule has 5 nitrogen and oxygen atoms in total. The van der Waals surface area contributed by atoms with Crippen LogP contribution in [0.25, 0.3) is 0 Å². The molecule has 1 atom stereocenters. The standard InChI is InChI=1S/C10H18N4O/c1-4-5-8(11)10(15)12-9-6(2)13-14-7(9)3/h8H,4-5,11H2,1-3H3,(H,12,15)(H,13,14)/t8-/m1/s1. The van der Waals surface area contributed by atoms with Crippen molar-refractivity contribution in [3.63, 3.8) is 0 Å². The quantitative estimate of drug-likeness (QED) is 0.695. The first kappa shape index (κ1) is 11.7. The predicted octanol–water partition coefficient (Wildman–Crippen LogP) is 1.09. The number of nitrogens with zero attached hydrogens (tertiary/aromatic N) is 1. The zero-order valence-electron chi connectivity index (χ0n) is 9.42. The Kier molecular flexibility index (Phi) is 3.85. The fourth-order valence-electron chi connectivity index (χ4n) is 1.39. The van der Waals surface area contributed by atoms with Crippen LogP contribution >= 0.6 is 0 Å². The number of rotatable bonds is 4. The molecule has 0 fully saturated rings. The molecule has 0 radical (unpaired) electrons. The second-order valence-electron chi connectivity index (χ2n) is 3.69. The number of nitrogens with two attached hydrogens (primary N) is 1. The summed E-state index contributed by atoms with van der Waals surface area (Å²) in [6.07, 6.45) is 1.60. The summed E-state index contributed by atoms with van der Waals surface area (Å²) in [4.78, 5) is 11.6. The summed E-state index contributed by atoms with van der Waals surface area (Å²) in [5.74, 6) is -0.149. The Hall–Kier alpha value is -1.36. The van der Waals surface area contributed by atoms with Gasteiger partial charge in [-0.25, -0.2) is 0 Å². The first-order chi connectivity index (χ1) is 7.06. The highest BCUT2D eigenvalue weighted by Gasteiger charge is 2.15. The fourth-order valence-corrected chi connectivity index (χ4v) is 1.39. The van der Waals surface area contributed by atoms with Crippen molar-refractivity contribution >= 4 is 11.6 Å². The van der Waals surface area contributed by atoms with Crippen LogP contribution in [0.1, 0.15) is 31.2 Å². The van der Waals surface area contributed by atoms with Crippen molar-refractivity contribution in [2.45, 2.75) is 39.7 Å². The first-order valence-electron chi connectivity index (χ1n) is 5.14. The molecule has 0 aliphatic rings. The van der Waals surface area contributed by atoms with Gasteiger partial charge in [0.2, 0.25) is 5.91 Å². The van der Waals surface area contributed by atoms with E-state index in [2.05, 4.69) is 15.5 Å². The summed E-state index contributed by atoms with van der Waals surface area (Å²) < 4.78 is 0. The lowest BCUT2D eigenvalue weighted by Gasteiger charge is -2.10. The molecule has 0 spiro atoms. The second-order valence-corrected chi connectivity index (χ2v) is 3.69. The highest BCUT2D eigenvalue weighted by molar-refractivity contribution is 5.95. The minimum atomic E-state index is -0.441. The maximum atomic E-state index is 11.6. The van der Waals surface area contributed by atoms with Crippen LogP contribution in [-0.4, -0.2) is 22.1 Å². The van der Waals surface area contributed by atoms with Crippen LogP contribution in [0.5, 0.6) is 0 Å². The van der Waals surface area contributed by atoms with Crippen LogP contribution < -0.4 is 11.1 Å². The van der Waals surface area contributed by atoms with Crippen LogP contribution in [0.2, 0.25) is 0 Å². The summed E-state index contributed by atoms with van der Waals surface area (Å²) in [5.41, 5.74) is 8.08. The van der Waals surface area contributed by atoms with Crippen molar-refractivity contribution in [1.29, 1.82) is 0 Å². The number of carbonyl (C=O) groups is 1. The largest absolute Gasteiger partial charge is 0.322 e. The summed E-state index contributed by atoms with van der Waals surface area (Å²) in [5, 5.41) is 9.59. The van der Waals surface area contributed by atoms with E-state index in [4.69, 9.17) is 5.73 Å². The number of H-pyrrole nitrogens is 1. The van der Waals surface area contributed by atoms with E-state index in [1.165, 1.54) is 0 Å². The normalized spacial score (nSPS) is 12.5. The summed E-state index contributed by atoms with van der Waals surface area (Å²) >= 11 is 0. The molecule has 0 aromatic carbocycles. The molecule has 0 bridgehead atoms. The number of amides is 1. The number of aromatic nitrogens is 2. The molecule has 1 amide bonds. The van der Waals surface area contributed by atoms with Crippen molar-refractivity contribution in [2.75, 3.05) is 5.32 Å². The molecular weight excluding hydrogens is 192 g/mol. The van der Waals surface area contributed by atoms with Crippen molar-refractivity contribution in [2.24, 2.45) is 5.73 Å². The molecule has 84 valence electrons. The molecule has 0 aliphatic heterocycles. The Morgan fingerprint density at radius 1 is 1.60 bits per heavy atom. The monoisotopic (exact) mass is 210 g/mol. The average Bonchev–Trinajstić information content (AvgIpc) is 2.49. The van der Waals surface area contributed by atoms with E-state index in [9.17, 15) is 4.79 Å². The molecule has 0 aliphatic carbocycles.